The van der Waals surface area contributed by atoms with E-state index in [0.717, 1.165) is 4.47 Å². The third kappa shape index (κ3) is 6.43. The Morgan fingerprint density at radius 2 is 1.88 bits per heavy atom. The lowest BCUT2D eigenvalue weighted by molar-refractivity contribution is -0.384. The lowest BCUT2D eigenvalue weighted by Crippen LogP contribution is -2.13. The van der Waals surface area contributed by atoms with E-state index in [1.165, 1.54) is 25.3 Å². The highest BCUT2D eigenvalue weighted by Gasteiger charge is 2.14. The lowest BCUT2D eigenvalue weighted by Gasteiger charge is -2.13. The molecule has 3 aromatic rings. The van der Waals surface area contributed by atoms with Gasteiger partial charge in [-0.3, -0.25) is 14.9 Å². The van der Waals surface area contributed by atoms with Crippen LogP contribution in [-0.4, -0.2) is 17.9 Å². The van der Waals surface area contributed by atoms with Gasteiger partial charge in [0.05, 0.1) is 12.0 Å². The summed E-state index contributed by atoms with van der Waals surface area (Å²) in [6.45, 7) is 0.0821. The average molecular weight is 587 g/mol. The Bertz CT molecular complexity index is 1300. The molecule has 0 aliphatic rings. The van der Waals surface area contributed by atoms with Crippen LogP contribution in [0.1, 0.15) is 11.1 Å². The van der Waals surface area contributed by atoms with E-state index in [4.69, 9.17) is 9.47 Å². The smallest absolute Gasteiger partial charge is 0.269 e. The summed E-state index contributed by atoms with van der Waals surface area (Å²) >= 11 is 6.76. The molecule has 172 valence electrons. The summed E-state index contributed by atoms with van der Waals surface area (Å²) < 4.78 is 12.6. The number of rotatable bonds is 8. The van der Waals surface area contributed by atoms with E-state index in [0.29, 0.717) is 32.8 Å². The number of methoxy groups -OCH3 is 1. The number of anilines is 1. The molecule has 0 radical (unpaired) electrons. The molecule has 0 heterocycles. The van der Waals surface area contributed by atoms with Gasteiger partial charge < -0.3 is 14.8 Å². The third-order valence-electron chi connectivity index (χ3n) is 4.57. The first-order chi connectivity index (χ1) is 16.3. The number of nitro groups is 1. The van der Waals surface area contributed by atoms with Crippen molar-refractivity contribution in [2.45, 2.75) is 6.61 Å². The van der Waals surface area contributed by atoms with E-state index >= 15 is 0 Å². The largest absolute Gasteiger partial charge is 0.493 e. The molecule has 0 aromatic heterocycles. The Balaban J connectivity index is 1.81. The molecular formula is C24H17Br2N3O5. The van der Waals surface area contributed by atoms with E-state index in [9.17, 15) is 20.2 Å². The molecule has 0 aliphatic heterocycles. The zero-order valence-electron chi connectivity index (χ0n) is 17.7. The van der Waals surface area contributed by atoms with Gasteiger partial charge in [0, 0.05) is 26.8 Å². The Labute approximate surface area is 212 Å². The highest BCUT2D eigenvalue weighted by Crippen LogP contribution is 2.35. The topological polar surface area (TPSA) is 114 Å². The van der Waals surface area contributed by atoms with Crippen LogP contribution in [-0.2, 0) is 11.4 Å². The van der Waals surface area contributed by atoms with Crippen molar-refractivity contribution in [2.24, 2.45) is 0 Å². The van der Waals surface area contributed by atoms with Gasteiger partial charge in [-0.05, 0) is 53.6 Å². The second-order valence-electron chi connectivity index (χ2n) is 6.87. The predicted octanol–water partition coefficient (Wildman–Crippen LogP) is 6.25. The summed E-state index contributed by atoms with van der Waals surface area (Å²) in [5.74, 6) is 0.197. The van der Waals surface area contributed by atoms with Crippen molar-refractivity contribution in [1.29, 1.82) is 5.26 Å². The van der Waals surface area contributed by atoms with Crippen molar-refractivity contribution in [2.75, 3.05) is 12.4 Å². The van der Waals surface area contributed by atoms with Gasteiger partial charge >= 0.3 is 0 Å². The summed E-state index contributed by atoms with van der Waals surface area (Å²) in [5, 5.41) is 23.2. The van der Waals surface area contributed by atoms with E-state index in [2.05, 4.69) is 37.2 Å². The van der Waals surface area contributed by atoms with Crippen LogP contribution in [0.15, 0.2) is 75.2 Å². The summed E-state index contributed by atoms with van der Waals surface area (Å²) in [5.41, 5.74) is 1.57. The van der Waals surface area contributed by atoms with Crippen LogP contribution in [0.3, 0.4) is 0 Å². The zero-order valence-corrected chi connectivity index (χ0v) is 20.9. The molecule has 0 saturated carbocycles. The quantitative estimate of drug-likeness (QED) is 0.144. The number of carbonyl (C=O) groups excluding carboxylic acids is 1. The van der Waals surface area contributed by atoms with Gasteiger partial charge in [-0.1, -0.05) is 44.0 Å². The second kappa shape index (κ2) is 11.4. The number of ether oxygens (including phenoxy) is 2. The fraction of sp³-hybridized carbons (Fsp3) is 0.0833. The number of hydrogen-bond donors (Lipinski definition) is 1. The number of carbonyl (C=O) groups is 1. The van der Waals surface area contributed by atoms with Crippen molar-refractivity contribution >= 4 is 55.2 Å². The first-order valence-electron chi connectivity index (χ1n) is 9.73. The Morgan fingerprint density at radius 3 is 2.53 bits per heavy atom. The molecule has 0 saturated heterocycles. The van der Waals surface area contributed by atoms with Gasteiger partial charge in [-0.2, -0.15) is 5.26 Å². The summed E-state index contributed by atoms with van der Waals surface area (Å²) in [6.07, 6.45) is 1.44. The standard InChI is InChI=1S/C24H17Br2N3O5/c1-33-22-11-16(10-17(13-27)24(30)28-19-7-5-18(25)6-8-19)21(26)12-23(22)34-14-15-3-2-4-20(9-15)29(31)32/h2-12H,14H2,1H3,(H,28,30)/b17-10-. The van der Waals surface area contributed by atoms with Crippen molar-refractivity contribution in [1.82, 2.24) is 0 Å². The number of nitrogens with one attached hydrogen (secondary N) is 1. The molecule has 0 spiro atoms. The normalized spacial score (nSPS) is 10.8. The molecule has 0 aliphatic carbocycles. The predicted molar refractivity (Wildman–Crippen MR) is 134 cm³/mol. The second-order valence-corrected chi connectivity index (χ2v) is 8.64. The number of nitriles is 1. The molecule has 34 heavy (non-hydrogen) atoms. The van der Waals surface area contributed by atoms with Gasteiger partial charge in [-0.15, -0.1) is 0 Å². The SMILES string of the molecule is COc1cc(/C=C(/C#N)C(=O)Nc2ccc(Br)cc2)c(Br)cc1OCc1cccc([N+](=O)[O-])c1. The van der Waals surface area contributed by atoms with Crippen LogP contribution in [0.5, 0.6) is 11.5 Å². The van der Waals surface area contributed by atoms with Crippen LogP contribution in [0.2, 0.25) is 0 Å². The van der Waals surface area contributed by atoms with E-state index in [1.807, 2.05) is 6.07 Å². The number of hydrogen-bond acceptors (Lipinski definition) is 6. The van der Waals surface area contributed by atoms with Gasteiger partial charge in [-0.25, -0.2) is 0 Å². The van der Waals surface area contributed by atoms with Gasteiger partial charge in [0.2, 0.25) is 0 Å². The maximum atomic E-state index is 12.6. The molecule has 1 amide bonds. The molecule has 0 atom stereocenters. The highest BCUT2D eigenvalue weighted by molar-refractivity contribution is 9.10. The van der Waals surface area contributed by atoms with Crippen molar-refractivity contribution in [3.8, 4) is 17.6 Å². The van der Waals surface area contributed by atoms with Crippen molar-refractivity contribution in [3.63, 3.8) is 0 Å². The number of halogens is 2. The van der Waals surface area contributed by atoms with Crippen LogP contribution in [0.25, 0.3) is 6.08 Å². The average Bonchev–Trinajstić information content (AvgIpc) is 2.83. The summed E-state index contributed by atoms with van der Waals surface area (Å²) in [7, 11) is 1.46. The molecule has 10 heteroatoms. The van der Waals surface area contributed by atoms with E-state index < -0.39 is 10.8 Å². The van der Waals surface area contributed by atoms with E-state index in [-0.39, 0.29) is 17.9 Å². The maximum absolute atomic E-state index is 12.6. The molecule has 0 bridgehead atoms. The van der Waals surface area contributed by atoms with Crippen molar-refractivity contribution in [3.05, 3.63) is 96.4 Å². The van der Waals surface area contributed by atoms with Gasteiger partial charge in [0.25, 0.3) is 11.6 Å². The number of amides is 1. The van der Waals surface area contributed by atoms with E-state index in [1.54, 1.807) is 48.5 Å². The minimum absolute atomic E-state index is 0.0276. The Kier molecular flexibility index (Phi) is 8.40. The van der Waals surface area contributed by atoms with Gasteiger partial charge in [0.1, 0.15) is 18.2 Å². The van der Waals surface area contributed by atoms with Crippen LogP contribution >= 0.6 is 31.9 Å². The third-order valence-corrected chi connectivity index (χ3v) is 5.78. The van der Waals surface area contributed by atoms with Crippen LogP contribution in [0, 0.1) is 21.4 Å². The minimum atomic E-state index is -0.554. The molecule has 0 unspecified atom stereocenters. The van der Waals surface area contributed by atoms with Gasteiger partial charge in [0.15, 0.2) is 11.5 Å². The zero-order chi connectivity index (χ0) is 24.7. The summed E-state index contributed by atoms with van der Waals surface area (Å²) in [4.78, 5) is 23.1. The monoisotopic (exact) mass is 585 g/mol. The molecular weight excluding hydrogens is 570 g/mol. The highest BCUT2D eigenvalue weighted by atomic mass is 79.9. The molecule has 1 N–H and O–H groups in total. The number of non-ortho nitro benzene ring substituents is 1. The molecule has 8 nitrogen and oxygen atoms in total. The molecule has 0 fully saturated rings. The fourth-order valence-corrected chi connectivity index (χ4v) is 3.59. The van der Waals surface area contributed by atoms with Crippen molar-refractivity contribution < 1.29 is 19.2 Å². The number of nitro benzene ring substituents is 1. The van der Waals surface area contributed by atoms with Crippen LogP contribution < -0.4 is 14.8 Å². The lowest BCUT2D eigenvalue weighted by atomic mass is 10.1. The fourth-order valence-electron chi connectivity index (χ4n) is 2.89. The Morgan fingerprint density at radius 1 is 1.15 bits per heavy atom. The minimum Gasteiger partial charge on any atom is -0.493 e. The summed E-state index contributed by atoms with van der Waals surface area (Å²) in [6, 6.07) is 18.3. The first kappa shape index (κ1) is 25.0. The molecule has 3 rings (SSSR count). The Hall–Kier alpha value is -3.68. The molecule has 3 aromatic carbocycles. The number of benzene rings is 3. The maximum Gasteiger partial charge on any atom is 0.269 e. The number of nitrogens with zero attached hydrogens (tertiary/aromatic N) is 2. The first-order valence-corrected chi connectivity index (χ1v) is 11.3. The van der Waals surface area contributed by atoms with Crippen LogP contribution in [0.4, 0.5) is 11.4 Å².